The molecule has 10 heteroatoms. The fourth-order valence-corrected chi connectivity index (χ4v) is 5.63. The van der Waals surface area contributed by atoms with Crippen molar-refractivity contribution in [1.29, 1.82) is 0 Å². The maximum atomic E-state index is 13.9. The van der Waals surface area contributed by atoms with Crippen LogP contribution >= 0.6 is 22.9 Å². The van der Waals surface area contributed by atoms with E-state index < -0.39 is 12.0 Å². The van der Waals surface area contributed by atoms with Gasteiger partial charge in [0, 0.05) is 17.6 Å². The lowest BCUT2D eigenvalue weighted by molar-refractivity contribution is -0.132. The van der Waals surface area contributed by atoms with E-state index in [1.807, 2.05) is 18.2 Å². The van der Waals surface area contributed by atoms with E-state index >= 15 is 0 Å². The van der Waals surface area contributed by atoms with Crippen LogP contribution in [0.2, 0.25) is 5.02 Å². The Kier molecular flexibility index (Phi) is 7.68. The average molecular weight is 574 g/mol. The van der Waals surface area contributed by atoms with Crippen LogP contribution in [0.25, 0.3) is 6.08 Å². The molecule has 0 saturated carbocycles. The Morgan fingerprint density at radius 1 is 1.05 bits per heavy atom. The Balaban J connectivity index is 1.63. The first-order valence-corrected chi connectivity index (χ1v) is 13.5. The summed E-state index contributed by atoms with van der Waals surface area (Å²) in [5.74, 6) is -0.191. The lowest BCUT2D eigenvalue weighted by atomic mass is 9.95. The maximum Gasteiger partial charge on any atom is 0.308 e. The SMILES string of the molecule is COc1cc(C=c2sc3n(c2=O)[C@@H](c2ccc(Cl)cc2)C(C(=O)Nc2ccccc2)=C(C)N=3)ccc1OC(C)=O. The molecule has 40 heavy (non-hydrogen) atoms. The van der Waals surface area contributed by atoms with Gasteiger partial charge in [-0.1, -0.05) is 59.3 Å². The summed E-state index contributed by atoms with van der Waals surface area (Å²) in [7, 11) is 1.47. The maximum absolute atomic E-state index is 13.9. The van der Waals surface area contributed by atoms with Gasteiger partial charge >= 0.3 is 5.97 Å². The third-order valence-corrected chi connectivity index (χ3v) is 7.46. The highest BCUT2D eigenvalue weighted by Gasteiger charge is 2.32. The minimum absolute atomic E-state index is 0.279. The number of para-hydroxylation sites is 1. The lowest BCUT2D eigenvalue weighted by Gasteiger charge is -2.25. The summed E-state index contributed by atoms with van der Waals surface area (Å²) >= 11 is 7.37. The van der Waals surface area contributed by atoms with Gasteiger partial charge in [0.05, 0.1) is 29.0 Å². The molecule has 8 nitrogen and oxygen atoms in total. The number of carbonyl (C=O) groups excluding carboxylic acids is 2. The highest BCUT2D eigenvalue weighted by atomic mass is 35.5. The van der Waals surface area contributed by atoms with Crippen molar-refractivity contribution in [3.63, 3.8) is 0 Å². The van der Waals surface area contributed by atoms with E-state index in [2.05, 4.69) is 10.3 Å². The van der Waals surface area contributed by atoms with Crippen molar-refractivity contribution < 1.29 is 19.1 Å². The summed E-state index contributed by atoms with van der Waals surface area (Å²) in [5.41, 5.74) is 2.58. The van der Waals surface area contributed by atoms with Crippen LogP contribution in [0.1, 0.15) is 31.0 Å². The number of hydrogen-bond donors (Lipinski definition) is 1. The molecular weight excluding hydrogens is 550 g/mol. The number of thiazole rings is 1. The van der Waals surface area contributed by atoms with Crippen LogP contribution in [-0.4, -0.2) is 23.6 Å². The van der Waals surface area contributed by atoms with Crippen LogP contribution in [0, 0.1) is 0 Å². The molecule has 0 unspecified atom stereocenters. The van der Waals surface area contributed by atoms with E-state index in [1.54, 1.807) is 67.6 Å². The van der Waals surface area contributed by atoms with E-state index in [4.69, 9.17) is 21.1 Å². The molecule has 0 saturated heterocycles. The Morgan fingerprint density at radius 3 is 2.45 bits per heavy atom. The standard InChI is InChI=1S/C30H24ClN3O5S/c1-17-26(28(36)33-22-7-5-4-6-8-22)27(20-10-12-21(31)13-11-20)34-29(37)25(40-30(34)32-17)16-19-9-14-23(39-18(2)35)24(15-19)38-3/h4-16,27H,1-3H3,(H,33,36)/t27-/m0/s1. The van der Waals surface area contributed by atoms with Crippen LogP contribution < -0.4 is 29.7 Å². The normalized spacial score (nSPS) is 14.8. The molecule has 1 aliphatic rings. The van der Waals surface area contributed by atoms with Crippen molar-refractivity contribution in [2.24, 2.45) is 4.99 Å². The van der Waals surface area contributed by atoms with Crippen molar-refractivity contribution in [3.05, 3.63) is 120 Å². The number of nitrogens with one attached hydrogen (secondary N) is 1. The second-order valence-corrected chi connectivity index (χ2v) is 10.4. The fraction of sp³-hybridized carbons (Fsp3) is 0.133. The number of esters is 1. The van der Waals surface area contributed by atoms with Crippen molar-refractivity contribution in [1.82, 2.24) is 4.57 Å². The van der Waals surface area contributed by atoms with E-state index in [0.717, 1.165) is 5.56 Å². The topological polar surface area (TPSA) is 99.0 Å². The number of fused-ring (bicyclic) bond motifs is 1. The number of benzene rings is 3. The van der Waals surface area contributed by atoms with Crippen molar-refractivity contribution in [2.75, 3.05) is 12.4 Å². The van der Waals surface area contributed by atoms with Crippen LogP contribution in [0.5, 0.6) is 11.5 Å². The van der Waals surface area contributed by atoms with Crippen LogP contribution in [-0.2, 0) is 9.59 Å². The number of nitrogens with zero attached hydrogens (tertiary/aromatic N) is 2. The van der Waals surface area contributed by atoms with Gasteiger partial charge in [-0.05, 0) is 60.5 Å². The largest absolute Gasteiger partial charge is 0.493 e. The number of hydrogen-bond acceptors (Lipinski definition) is 7. The van der Waals surface area contributed by atoms with Crippen LogP contribution in [0.15, 0.2) is 93.9 Å². The summed E-state index contributed by atoms with van der Waals surface area (Å²) in [5, 5.41) is 3.47. The molecule has 0 spiro atoms. The Hall–Kier alpha value is -4.47. The summed E-state index contributed by atoms with van der Waals surface area (Å²) in [4.78, 5) is 44.0. The van der Waals surface area contributed by atoms with Gasteiger partial charge < -0.3 is 14.8 Å². The van der Waals surface area contributed by atoms with E-state index in [-0.39, 0.29) is 17.2 Å². The predicted molar refractivity (Wildman–Crippen MR) is 155 cm³/mol. The first-order chi connectivity index (χ1) is 19.2. The third kappa shape index (κ3) is 5.47. The van der Waals surface area contributed by atoms with Gasteiger partial charge in [0.25, 0.3) is 11.5 Å². The van der Waals surface area contributed by atoms with E-state index in [0.29, 0.717) is 42.6 Å². The smallest absolute Gasteiger partial charge is 0.308 e. The number of rotatable bonds is 6. The van der Waals surface area contributed by atoms with Gasteiger partial charge in [-0.25, -0.2) is 4.99 Å². The van der Waals surface area contributed by atoms with Gasteiger partial charge in [-0.15, -0.1) is 0 Å². The lowest BCUT2D eigenvalue weighted by Crippen LogP contribution is -2.40. The molecule has 0 radical (unpaired) electrons. The molecule has 1 atom stereocenters. The van der Waals surface area contributed by atoms with Crippen LogP contribution in [0.3, 0.4) is 0 Å². The first kappa shape index (κ1) is 27.1. The quantitative estimate of drug-likeness (QED) is 0.271. The van der Waals surface area contributed by atoms with Gasteiger partial charge in [0.2, 0.25) is 0 Å². The number of ether oxygens (including phenoxy) is 2. The number of aromatic nitrogens is 1. The number of allylic oxidation sites excluding steroid dienone is 1. The molecular formula is C30H24ClN3O5S. The molecule has 202 valence electrons. The van der Waals surface area contributed by atoms with Gasteiger partial charge in [0.15, 0.2) is 16.3 Å². The van der Waals surface area contributed by atoms with Crippen molar-refractivity contribution in [3.8, 4) is 11.5 Å². The highest BCUT2D eigenvalue weighted by molar-refractivity contribution is 7.07. The Bertz CT molecular complexity index is 1830. The monoisotopic (exact) mass is 573 g/mol. The molecule has 1 aliphatic heterocycles. The Labute approximate surface area is 238 Å². The number of methoxy groups -OCH3 is 1. The zero-order valence-corrected chi connectivity index (χ0v) is 23.4. The molecule has 3 aromatic carbocycles. The van der Waals surface area contributed by atoms with E-state index in [9.17, 15) is 14.4 Å². The minimum Gasteiger partial charge on any atom is -0.493 e. The molecule has 5 rings (SSSR count). The average Bonchev–Trinajstić information content (AvgIpc) is 3.23. The van der Waals surface area contributed by atoms with Crippen molar-refractivity contribution >= 4 is 46.6 Å². The van der Waals surface area contributed by atoms with Gasteiger partial charge in [-0.3, -0.25) is 19.0 Å². The molecule has 1 N–H and O–H groups in total. The molecule has 1 amide bonds. The highest BCUT2D eigenvalue weighted by Crippen LogP contribution is 2.32. The fourth-order valence-electron chi connectivity index (χ4n) is 4.46. The number of halogens is 1. The van der Waals surface area contributed by atoms with Gasteiger partial charge in [-0.2, -0.15) is 0 Å². The molecule has 2 heterocycles. The third-order valence-electron chi connectivity index (χ3n) is 6.22. The predicted octanol–water partition coefficient (Wildman–Crippen LogP) is 4.46. The van der Waals surface area contributed by atoms with Crippen LogP contribution in [0.4, 0.5) is 5.69 Å². The van der Waals surface area contributed by atoms with Gasteiger partial charge in [0.1, 0.15) is 0 Å². The number of anilines is 1. The van der Waals surface area contributed by atoms with E-state index in [1.165, 1.54) is 29.9 Å². The summed E-state index contributed by atoms with van der Waals surface area (Å²) in [6.45, 7) is 3.07. The summed E-state index contributed by atoms with van der Waals surface area (Å²) < 4.78 is 12.5. The molecule has 1 aromatic heterocycles. The Morgan fingerprint density at radius 2 is 1.77 bits per heavy atom. The zero-order chi connectivity index (χ0) is 28.4. The minimum atomic E-state index is -0.722. The second kappa shape index (κ2) is 11.3. The van der Waals surface area contributed by atoms with Crippen molar-refractivity contribution in [2.45, 2.75) is 19.9 Å². The number of carbonyl (C=O) groups is 2. The second-order valence-electron chi connectivity index (χ2n) is 8.96. The molecule has 0 fully saturated rings. The number of amides is 1. The summed E-state index contributed by atoms with van der Waals surface area (Å²) in [6.07, 6.45) is 1.71. The summed E-state index contributed by atoms with van der Waals surface area (Å²) in [6, 6.07) is 20.5. The zero-order valence-electron chi connectivity index (χ0n) is 21.8. The first-order valence-electron chi connectivity index (χ1n) is 12.3. The molecule has 0 bridgehead atoms. The molecule has 4 aromatic rings. The molecule has 0 aliphatic carbocycles.